The van der Waals surface area contributed by atoms with E-state index < -0.39 is 0 Å². The summed E-state index contributed by atoms with van der Waals surface area (Å²) in [6.45, 7) is 6.18. The standard InChI is InChI=1S/C21H22N2O3/c1-3-23(4-2)17-9-5-15(6-10-17)7-11-19(24)16-8-12-20-18(13-16)22-21(25)14-26-20/h5-13H,3-4,14H2,1-2H3,(H,22,25)/b11-7+. The number of hydrogen-bond acceptors (Lipinski definition) is 4. The third kappa shape index (κ3) is 3.94. The number of benzene rings is 2. The molecule has 5 heteroatoms. The maximum Gasteiger partial charge on any atom is 0.262 e. The first-order valence-electron chi connectivity index (χ1n) is 8.74. The summed E-state index contributed by atoms with van der Waals surface area (Å²) in [4.78, 5) is 26.1. The van der Waals surface area contributed by atoms with Crippen molar-refractivity contribution in [1.29, 1.82) is 0 Å². The summed E-state index contributed by atoms with van der Waals surface area (Å²) in [6.07, 6.45) is 3.34. The molecule has 1 aliphatic rings. The molecule has 0 fully saturated rings. The van der Waals surface area contributed by atoms with Gasteiger partial charge in [0.25, 0.3) is 5.91 Å². The highest BCUT2D eigenvalue weighted by molar-refractivity contribution is 6.08. The molecular weight excluding hydrogens is 328 g/mol. The fourth-order valence-electron chi connectivity index (χ4n) is 2.89. The molecule has 0 aromatic heterocycles. The summed E-state index contributed by atoms with van der Waals surface area (Å²) in [5.41, 5.74) is 3.17. The van der Waals surface area contributed by atoms with Crippen LogP contribution >= 0.6 is 0 Å². The molecule has 0 unspecified atom stereocenters. The van der Waals surface area contributed by atoms with Gasteiger partial charge in [-0.2, -0.15) is 0 Å². The van der Waals surface area contributed by atoms with Crippen molar-refractivity contribution >= 4 is 29.1 Å². The molecule has 134 valence electrons. The minimum absolute atomic E-state index is 0.00365. The fraction of sp³-hybridized carbons (Fsp3) is 0.238. The molecule has 0 saturated heterocycles. The van der Waals surface area contributed by atoms with Crippen molar-refractivity contribution in [3.05, 3.63) is 59.7 Å². The Morgan fingerprint density at radius 2 is 1.88 bits per heavy atom. The maximum atomic E-state index is 12.4. The normalized spacial score (nSPS) is 13.1. The molecule has 0 saturated carbocycles. The van der Waals surface area contributed by atoms with Crippen molar-refractivity contribution < 1.29 is 14.3 Å². The number of ether oxygens (including phenoxy) is 1. The summed E-state index contributed by atoms with van der Waals surface area (Å²) < 4.78 is 5.30. The quantitative estimate of drug-likeness (QED) is 0.637. The van der Waals surface area contributed by atoms with Gasteiger partial charge < -0.3 is 15.0 Å². The van der Waals surface area contributed by atoms with Crippen molar-refractivity contribution in [3.8, 4) is 5.75 Å². The van der Waals surface area contributed by atoms with Crippen molar-refractivity contribution in [2.45, 2.75) is 13.8 Å². The van der Waals surface area contributed by atoms with Crippen molar-refractivity contribution in [1.82, 2.24) is 0 Å². The largest absolute Gasteiger partial charge is 0.482 e. The van der Waals surface area contributed by atoms with Gasteiger partial charge in [0.05, 0.1) is 5.69 Å². The van der Waals surface area contributed by atoms with E-state index in [-0.39, 0.29) is 18.3 Å². The Morgan fingerprint density at radius 3 is 2.58 bits per heavy atom. The van der Waals surface area contributed by atoms with Crippen LogP contribution < -0.4 is 15.0 Å². The molecule has 5 nitrogen and oxygen atoms in total. The SMILES string of the molecule is CCN(CC)c1ccc(/C=C/C(=O)c2ccc3c(c2)NC(=O)CO3)cc1. The molecule has 0 radical (unpaired) electrons. The number of fused-ring (bicyclic) bond motifs is 1. The molecule has 26 heavy (non-hydrogen) atoms. The predicted molar refractivity (Wildman–Crippen MR) is 104 cm³/mol. The number of anilines is 2. The molecule has 1 N–H and O–H groups in total. The highest BCUT2D eigenvalue weighted by Crippen LogP contribution is 2.28. The third-order valence-corrected chi connectivity index (χ3v) is 4.35. The maximum absolute atomic E-state index is 12.4. The highest BCUT2D eigenvalue weighted by Gasteiger charge is 2.17. The summed E-state index contributed by atoms with van der Waals surface area (Å²) in [5, 5.41) is 2.71. The molecule has 0 atom stereocenters. The van der Waals surface area contributed by atoms with Crippen LogP contribution in [0.1, 0.15) is 29.8 Å². The van der Waals surface area contributed by atoms with Gasteiger partial charge >= 0.3 is 0 Å². The van der Waals surface area contributed by atoms with E-state index in [9.17, 15) is 9.59 Å². The number of ketones is 1. The second-order valence-corrected chi connectivity index (χ2v) is 6.01. The van der Waals surface area contributed by atoms with Crippen LogP contribution in [0.5, 0.6) is 5.75 Å². The lowest BCUT2D eigenvalue weighted by molar-refractivity contribution is -0.118. The number of nitrogens with zero attached hydrogens (tertiary/aromatic N) is 1. The Hall–Kier alpha value is -3.08. The predicted octanol–water partition coefficient (Wildman–Crippen LogP) is 3.76. The summed E-state index contributed by atoms with van der Waals surface area (Å²) in [5.74, 6) is 0.239. The van der Waals surface area contributed by atoms with Gasteiger partial charge in [0.1, 0.15) is 5.75 Å². The van der Waals surface area contributed by atoms with Gasteiger partial charge in [-0.05, 0) is 55.8 Å². The number of hydrogen-bond donors (Lipinski definition) is 1. The average Bonchev–Trinajstić information content (AvgIpc) is 2.67. The Morgan fingerprint density at radius 1 is 1.15 bits per heavy atom. The first-order valence-corrected chi connectivity index (χ1v) is 8.74. The van der Waals surface area contributed by atoms with Gasteiger partial charge in [-0.3, -0.25) is 9.59 Å². The highest BCUT2D eigenvalue weighted by atomic mass is 16.5. The number of amides is 1. The van der Waals surface area contributed by atoms with Crippen LogP contribution in [0.4, 0.5) is 11.4 Å². The lowest BCUT2D eigenvalue weighted by Gasteiger charge is -2.20. The van der Waals surface area contributed by atoms with E-state index in [0.29, 0.717) is 17.0 Å². The lowest BCUT2D eigenvalue weighted by Crippen LogP contribution is -2.25. The molecule has 0 aliphatic carbocycles. The third-order valence-electron chi connectivity index (χ3n) is 4.35. The van der Waals surface area contributed by atoms with E-state index >= 15 is 0 Å². The Bertz CT molecular complexity index is 837. The average molecular weight is 350 g/mol. The number of nitrogens with one attached hydrogen (secondary N) is 1. The van der Waals surface area contributed by atoms with E-state index in [1.165, 1.54) is 5.69 Å². The summed E-state index contributed by atoms with van der Waals surface area (Å²) >= 11 is 0. The molecular formula is C21H22N2O3. The molecule has 2 aromatic rings. The van der Waals surface area contributed by atoms with Crippen molar-refractivity contribution in [3.63, 3.8) is 0 Å². The zero-order valence-electron chi connectivity index (χ0n) is 15.0. The molecule has 0 bridgehead atoms. The number of carbonyl (C=O) groups is 2. The van der Waals surface area contributed by atoms with Crippen LogP contribution in [0.25, 0.3) is 6.08 Å². The Kier molecular flexibility index (Phi) is 5.37. The topological polar surface area (TPSA) is 58.6 Å². The van der Waals surface area contributed by atoms with Crippen LogP contribution in [0.2, 0.25) is 0 Å². The van der Waals surface area contributed by atoms with Crippen molar-refractivity contribution in [2.75, 3.05) is 29.9 Å². The Labute approximate surface area is 153 Å². The monoisotopic (exact) mass is 350 g/mol. The molecule has 1 aliphatic heterocycles. The number of rotatable bonds is 6. The summed E-state index contributed by atoms with van der Waals surface area (Å²) in [7, 11) is 0. The van der Waals surface area contributed by atoms with Crippen LogP contribution in [-0.4, -0.2) is 31.4 Å². The molecule has 1 heterocycles. The molecule has 1 amide bonds. The zero-order valence-corrected chi connectivity index (χ0v) is 15.0. The second-order valence-electron chi connectivity index (χ2n) is 6.01. The van der Waals surface area contributed by atoms with Crippen LogP contribution in [0.3, 0.4) is 0 Å². The molecule has 2 aromatic carbocycles. The van der Waals surface area contributed by atoms with E-state index in [2.05, 4.69) is 36.2 Å². The van der Waals surface area contributed by atoms with E-state index in [1.54, 1.807) is 30.4 Å². The van der Waals surface area contributed by atoms with Gasteiger partial charge in [-0.1, -0.05) is 18.2 Å². The van der Waals surface area contributed by atoms with Gasteiger partial charge in [0, 0.05) is 24.3 Å². The smallest absolute Gasteiger partial charge is 0.262 e. The van der Waals surface area contributed by atoms with Gasteiger partial charge in [-0.25, -0.2) is 0 Å². The van der Waals surface area contributed by atoms with E-state index in [0.717, 1.165) is 18.7 Å². The summed E-state index contributed by atoms with van der Waals surface area (Å²) in [6, 6.07) is 13.2. The minimum Gasteiger partial charge on any atom is -0.482 e. The number of carbonyl (C=O) groups excluding carboxylic acids is 2. The van der Waals surface area contributed by atoms with Crippen LogP contribution in [-0.2, 0) is 4.79 Å². The zero-order chi connectivity index (χ0) is 18.5. The Balaban J connectivity index is 1.71. The number of allylic oxidation sites excluding steroid dienone is 1. The van der Waals surface area contributed by atoms with Gasteiger partial charge in [0.15, 0.2) is 12.4 Å². The lowest BCUT2D eigenvalue weighted by atomic mass is 10.1. The first kappa shape index (κ1) is 17.7. The van der Waals surface area contributed by atoms with E-state index in [4.69, 9.17) is 4.74 Å². The van der Waals surface area contributed by atoms with E-state index in [1.807, 2.05) is 12.1 Å². The van der Waals surface area contributed by atoms with Crippen LogP contribution in [0, 0.1) is 0 Å². The second kappa shape index (κ2) is 7.87. The van der Waals surface area contributed by atoms with Crippen molar-refractivity contribution in [2.24, 2.45) is 0 Å². The molecule has 0 spiro atoms. The molecule has 3 rings (SSSR count). The fourth-order valence-corrected chi connectivity index (χ4v) is 2.89. The minimum atomic E-state index is -0.217. The first-order chi connectivity index (χ1) is 12.6. The van der Waals surface area contributed by atoms with Gasteiger partial charge in [-0.15, -0.1) is 0 Å². The van der Waals surface area contributed by atoms with Crippen LogP contribution in [0.15, 0.2) is 48.5 Å². The van der Waals surface area contributed by atoms with Gasteiger partial charge in [0.2, 0.25) is 0 Å².